The number of methoxy groups -OCH3 is 2. The van der Waals surface area contributed by atoms with Crippen molar-refractivity contribution in [3.63, 3.8) is 0 Å². The summed E-state index contributed by atoms with van der Waals surface area (Å²) in [6.45, 7) is 14.3. The van der Waals surface area contributed by atoms with Gasteiger partial charge in [0.25, 0.3) is 0 Å². The third kappa shape index (κ3) is 12.1. The summed E-state index contributed by atoms with van der Waals surface area (Å²) in [5.74, 6) is -1.35. The zero-order valence-corrected chi connectivity index (χ0v) is 36.1. The highest BCUT2D eigenvalue weighted by molar-refractivity contribution is 7.09. The number of aromatic nitrogens is 1. The summed E-state index contributed by atoms with van der Waals surface area (Å²) in [5.41, 5.74) is 1.09. The normalized spacial score (nSPS) is 19.0. The van der Waals surface area contributed by atoms with Crippen molar-refractivity contribution in [2.75, 3.05) is 41.9 Å². The summed E-state index contributed by atoms with van der Waals surface area (Å²) in [6.07, 6.45) is 3.49. The molecule has 55 heavy (non-hydrogen) atoms. The van der Waals surface area contributed by atoms with Crippen LogP contribution in [0.1, 0.15) is 90.8 Å². The summed E-state index contributed by atoms with van der Waals surface area (Å²) in [6, 6.07) is 7.83. The number of hydrogen-bond donors (Lipinski definition) is 2. The molecule has 0 aliphatic carbocycles. The van der Waals surface area contributed by atoms with Crippen LogP contribution in [0, 0.1) is 23.7 Å². The van der Waals surface area contributed by atoms with Crippen LogP contribution in [-0.2, 0) is 35.1 Å². The van der Waals surface area contributed by atoms with Crippen LogP contribution in [0.25, 0.3) is 0 Å². The molecular weight excluding hydrogens is 717 g/mol. The van der Waals surface area contributed by atoms with Gasteiger partial charge in [-0.2, -0.15) is 0 Å². The fourth-order valence-corrected chi connectivity index (χ4v) is 8.86. The minimum absolute atomic E-state index is 0.00751. The third-order valence-corrected chi connectivity index (χ3v) is 12.2. The third-order valence-electron chi connectivity index (χ3n) is 11.3. The number of carbonyl (C=O) groups excluding carboxylic acids is 4. The second kappa shape index (κ2) is 21.8. The highest BCUT2D eigenvalue weighted by Gasteiger charge is 2.43. The Kier molecular flexibility index (Phi) is 18.2. The Hall–Kier alpha value is -3.39. The van der Waals surface area contributed by atoms with Crippen LogP contribution in [0.3, 0.4) is 0 Å². The summed E-state index contributed by atoms with van der Waals surface area (Å²) in [4.78, 5) is 65.8. The quantitative estimate of drug-likeness (QED) is 0.177. The second-order valence-electron chi connectivity index (χ2n) is 16.1. The Morgan fingerprint density at radius 3 is 2.15 bits per heavy atom. The molecule has 3 rings (SSSR count). The van der Waals surface area contributed by atoms with Gasteiger partial charge in [-0.25, -0.2) is 4.98 Å². The second-order valence-corrected chi connectivity index (χ2v) is 17.0. The van der Waals surface area contributed by atoms with Crippen molar-refractivity contribution in [3.8, 4) is 0 Å². The number of amides is 4. The first-order valence-corrected chi connectivity index (χ1v) is 20.8. The molecule has 0 spiro atoms. The molecule has 0 saturated carbocycles. The van der Waals surface area contributed by atoms with Crippen LogP contribution >= 0.6 is 11.3 Å². The minimum Gasteiger partial charge on any atom is -0.379 e. The van der Waals surface area contributed by atoms with Crippen molar-refractivity contribution in [1.82, 2.24) is 30.3 Å². The van der Waals surface area contributed by atoms with Crippen molar-refractivity contribution in [2.24, 2.45) is 23.7 Å². The van der Waals surface area contributed by atoms with E-state index in [9.17, 15) is 19.2 Å². The van der Waals surface area contributed by atoms with E-state index in [-0.39, 0.29) is 65.9 Å². The van der Waals surface area contributed by atoms with Gasteiger partial charge in [0.1, 0.15) is 11.0 Å². The average Bonchev–Trinajstić information content (AvgIpc) is 3.87. The van der Waals surface area contributed by atoms with Crippen LogP contribution in [0.4, 0.5) is 0 Å². The Morgan fingerprint density at radius 2 is 1.62 bits per heavy atom. The molecule has 2 heterocycles. The van der Waals surface area contributed by atoms with Crippen molar-refractivity contribution < 1.29 is 28.7 Å². The van der Waals surface area contributed by atoms with Gasteiger partial charge in [-0.15, -0.1) is 11.3 Å². The molecule has 9 atom stereocenters. The van der Waals surface area contributed by atoms with Crippen LogP contribution in [0.5, 0.6) is 0 Å². The van der Waals surface area contributed by atoms with Gasteiger partial charge < -0.3 is 29.9 Å². The number of rotatable bonds is 21. The van der Waals surface area contributed by atoms with Gasteiger partial charge in [-0.05, 0) is 56.7 Å². The van der Waals surface area contributed by atoms with Crippen molar-refractivity contribution in [3.05, 3.63) is 52.5 Å². The van der Waals surface area contributed by atoms with Gasteiger partial charge in [0.2, 0.25) is 23.6 Å². The summed E-state index contributed by atoms with van der Waals surface area (Å²) in [5, 5.41) is 9.02. The molecule has 0 radical (unpaired) electrons. The Morgan fingerprint density at radius 1 is 0.945 bits per heavy atom. The van der Waals surface area contributed by atoms with E-state index in [1.807, 2.05) is 94.2 Å². The monoisotopic (exact) mass is 784 g/mol. The molecule has 4 amide bonds. The standard InChI is InChI=1S/C42H68N6O6S/c1-13-28(6)37(47(10)42(52)35(26(2)3)45-40(51)36(27(4)5)46(8)9)33(53-11)25-34(49)48-22-17-20-32(48)38(54-12)29(7)39(50)44-31(41-43-21-23-55-41)24-30-18-15-14-16-19-30/h14-16,18-19,21,23,26-29,31-33,35-38H,13,17,20,22,24-25H2,1-12H3,(H,44,50)(H,45,51)/t28-,29+,31+,32+,33+,35+,36+,37-,38+/m1/s1. The van der Waals surface area contributed by atoms with Gasteiger partial charge in [-0.3, -0.25) is 24.1 Å². The van der Waals surface area contributed by atoms with E-state index in [1.54, 1.807) is 32.4 Å². The van der Waals surface area contributed by atoms with E-state index in [2.05, 4.69) is 29.5 Å². The number of nitrogens with zero attached hydrogens (tertiary/aromatic N) is 4. The maximum atomic E-state index is 14.3. The summed E-state index contributed by atoms with van der Waals surface area (Å²) in [7, 11) is 8.66. The maximum absolute atomic E-state index is 14.3. The topological polar surface area (TPSA) is 133 Å². The zero-order chi connectivity index (χ0) is 41.0. The molecule has 1 saturated heterocycles. The molecule has 2 aromatic rings. The van der Waals surface area contributed by atoms with Gasteiger partial charge in [-0.1, -0.05) is 85.2 Å². The zero-order valence-electron chi connectivity index (χ0n) is 35.3. The summed E-state index contributed by atoms with van der Waals surface area (Å²) >= 11 is 1.51. The molecular formula is C42H68N6O6S. The van der Waals surface area contributed by atoms with Gasteiger partial charge in [0.05, 0.1) is 48.7 Å². The lowest BCUT2D eigenvalue weighted by molar-refractivity contribution is -0.148. The van der Waals surface area contributed by atoms with E-state index in [0.717, 1.165) is 23.4 Å². The van der Waals surface area contributed by atoms with E-state index in [0.29, 0.717) is 19.4 Å². The first-order chi connectivity index (χ1) is 26.1. The lowest BCUT2D eigenvalue weighted by atomic mass is 9.89. The Balaban J connectivity index is 1.79. The SMILES string of the molecule is CC[C@@H](C)[C@H]([C@H](CC(=O)N1CCC[C@H]1[C@@H](OC)[C@H](C)C(=O)N[C@@H](Cc1ccccc1)c1nccs1)OC)N(C)C(=O)[C@@H](NC(=O)[C@H](C(C)C)N(C)C)C(C)C. The van der Waals surface area contributed by atoms with Gasteiger partial charge >= 0.3 is 0 Å². The number of likely N-dealkylation sites (N-methyl/N-ethyl adjacent to an activating group) is 2. The lowest BCUT2D eigenvalue weighted by Gasteiger charge is -2.41. The lowest BCUT2D eigenvalue weighted by Crippen LogP contribution is -2.59. The molecule has 0 bridgehead atoms. The predicted molar refractivity (Wildman–Crippen MR) is 218 cm³/mol. The molecule has 1 aliphatic rings. The first kappa shape index (κ1) is 46.0. The van der Waals surface area contributed by atoms with Crippen LogP contribution in [0.2, 0.25) is 0 Å². The fourth-order valence-electron chi connectivity index (χ4n) is 8.17. The average molecular weight is 785 g/mol. The minimum atomic E-state index is -0.751. The van der Waals surface area contributed by atoms with Crippen molar-refractivity contribution in [2.45, 2.75) is 123 Å². The molecule has 12 nitrogen and oxygen atoms in total. The molecule has 2 N–H and O–H groups in total. The predicted octanol–water partition coefficient (Wildman–Crippen LogP) is 5.19. The Bertz CT molecular complexity index is 1480. The molecule has 13 heteroatoms. The molecule has 1 aliphatic heterocycles. The largest absolute Gasteiger partial charge is 0.379 e. The highest BCUT2D eigenvalue weighted by atomic mass is 32.1. The van der Waals surface area contributed by atoms with E-state index < -0.39 is 30.2 Å². The molecule has 0 unspecified atom stereocenters. The maximum Gasteiger partial charge on any atom is 0.245 e. The van der Waals surface area contributed by atoms with Crippen LogP contribution in [0.15, 0.2) is 41.9 Å². The Labute approximate surface area is 334 Å². The number of thiazole rings is 1. The molecule has 1 aromatic heterocycles. The highest BCUT2D eigenvalue weighted by Crippen LogP contribution is 2.30. The number of likely N-dealkylation sites (tertiary alicyclic amines) is 1. The van der Waals surface area contributed by atoms with Gasteiger partial charge in [0.15, 0.2) is 0 Å². The number of carbonyl (C=O) groups is 4. The smallest absolute Gasteiger partial charge is 0.245 e. The van der Waals surface area contributed by atoms with E-state index in [4.69, 9.17) is 9.47 Å². The molecule has 308 valence electrons. The molecule has 1 aromatic carbocycles. The van der Waals surface area contributed by atoms with Crippen molar-refractivity contribution >= 4 is 35.0 Å². The number of benzene rings is 1. The van der Waals surface area contributed by atoms with E-state index in [1.165, 1.54) is 11.3 Å². The fraction of sp³-hybridized carbons (Fsp3) is 0.690. The first-order valence-electron chi connectivity index (χ1n) is 19.9. The van der Waals surface area contributed by atoms with Crippen LogP contribution < -0.4 is 10.6 Å². The number of ether oxygens (including phenoxy) is 2. The van der Waals surface area contributed by atoms with Gasteiger partial charge in [0, 0.05) is 39.4 Å². The van der Waals surface area contributed by atoms with Crippen LogP contribution in [-0.4, -0.2) is 122 Å². The number of hydrogen-bond acceptors (Lipinski definition) is 9. The number of nitrogens with one attached hydrogen (secondary N) is 2. The van der Waals surface area contributed by atoms with Crippen molar-refractivity contribution in [1.29, 1.82) is 0 Å². The molecule has 1 fully saturated rings. The summed E-state index contributed by atoms with van der Waals surface area (Å²) < 4.78 is 12.1. The van der Waals surface area contributed by atoms with E-state index >= 15 is 0 Å².